The molecule has 236 valence electrons. The maximum Gasteiger partial charge on any atom is 0.254 e. The van der Waals surface area contributed by atoms with Gasteiger partial charge in [-0.3, -0.25) is 14.7 Å². The molecule has 4 rings (SSSR count). The summed E-state index contributed by atoms with van der Waals surface area (Å²) in [6.07, 6.45) is 19.6. The van der Waals surface area contributed by atoms with Crippen LogP contribution in [0.3, 0.4) is 0 Å². The molecular formula is C37H61N3O2. The van der Waals surface area contributed by atoms with Gasteiger partial charge in [0, 0.05) is 55.0 Å². The number of benzene rings is 1. The molecule has 0 saturated carbocycles. The Morgan fingerprint density at radius 2 is 1.67 bits per heavy atom. The van der Waals surface area contributed by atoms with E-state index in [0.29, 0.717) is 24.4 Å². The van der Waals surface area contributed by atoms with Crippen LogP contribution < -0.4 is 0 Å². The van der Waals surface area contributed by atoms with Crippen molar-refractivity contribution in [2.75, 3.05) is 6.54 Å². The third kappa shape index (κ3) is 9.02. The van der Waals surface area contributed by atoms with Crippen molar-refractivity contribution in [2.45, 2.75) is 162 Å². The lowest BCUT2D eigenvalue weighted by molar-refractivity contribution is -0.0637. The van der Waals surface area contributed by atoms with Crippen LogP contribution in [0.4, 0.5) is 0 Å². The average Bonchev–Trinajstić information content (AvgIpc) is 3.71. The van der Waals surface area contributed by atoms with Gasteiger partial charge in [0.1, 0.15) is 6.23 Å². The number of hydrogen-bond donors (Lipinski definition) is 0. The molecule has 2 saturated heterocycles. The summed E-state index contributed by atoms with van der Waals surface area (Å²) in [4.78, 5) is 22.1. The van der Waals surface area contributed by atoms with Gasteiger partial charge in [-0.1, -0.05) is 91.5 Å². The average molecular weight is 580 g/mol. The monoisotopic (exact) mass is 579 g/mol. The van der Waals surface area contributed by atoms with E-state index >= 15 is 0 Å². The van der Waals surface area contributed by atoms with Gasteiger partial charge in [0.2, 0.25) is 0 Å². The molecule has 2 fully saturated rings. The van der Waals surface area contributed by atoms with Crippen LogP contribution in [0.1, 0.15) is 142 Å². The molecule has 0 aromatic heterocycles. The van der Waals surface area contributed by atoms with Gasteiger partial charge in [-0.25, -0.2) is 0 Å². The minimum Gasteiger partial charge on any atom is -0.355 e. The van der Waals surface area contributed by atoms with E-state index in [9.17, 15) is 4.79 Å². The van der Waals surface area contributed by atoms with Gasteiger partial charge >= 0.3 is 0 Å². The highest BCUT2D eigenvalue weighted by Gasteiger charge is 2.50. The molecule has 2 unspecified atom stereocenters. The Hall–Kier alpha value is -1.98. The van der Waals surface area contributed by atoms with Crippen molar-refractivity contribution in [3.63, 3.8) is 0 Å². The van der Waals surface area contributed by atoms with Crippen molar-refractivity contribution in [3.05, 3.63) is 47.7 Å². The van der Waals surface area contributed by atoms with Crippen LogP contribution in [-0.2, 0) is 4.74 Å². The summed E-state index contributed by atoms with van der Waals surface area (Å²) in [5, 5.41) is 0. The van der Waals surface area contributed by atoms with E-state index in [4.69, 9.17) is 4.74 Å². The lowest BCUT2D eigenvalue weighted by Gasteiger charge is -2.37. The number of amides is 1. The third-order valence-corrected chi connectivity index (χ3v) is 9.47. The fraction of sp³-hybridized carbons (Fsp3) is 0.730. The molecule has 0 radical (unpaired) electrons. The standard InChI is InChI=1S/C19H39NO.C18H22N2O/c1-7-10-12-19(13-11-8-2)18(15-16(4)5)20(14-9-3)17(6)21-19;1-2-16-10-11-17(13-15-9-6-12-19-15)20(16)18(21)14-7-4-3-5-8-14/h16-18H,7-15H2,1-6H3;3-5,7-9,12,16-17H,2,6,10-11,13H2,1H3/t17-,18-;/m0./s1. The molecule has 4 atom stereocenters. The number of nitrogens with zero attached hydrogens (tertiary/aromatic N) is 3. The second-order valence-electron chi connectivity index (χ2n) is 13.2. The molecule has 1 amide bonds. The summed E-state index contributed by atoms with van der Waals surface area (Å²) in [6, 6.07) is 10.9. The Labute approximate surface area is 258 Å². The molecule has 0 spiro atoms. The van der Waals surface area contributed by atoms with E-state index < -0.39 is 0 Å². The highest BCUT2D eigenvalue weighted by Crippen LogP contribution is 2.43. The molecule has 42 heavy (non-hydrogen) atoms. The van der Waals surface area contributed by atoms with Gasteiger partial charge in [0.25, 0.3) is 5.91 Å². The zero-order valence-corrected chi connectivity index (χ0v) is 28.0. The molecule has 1 aromatic carbocycles. The fourth-order valence-corrected chi connectivity index (χ4v) is 7.37. The van der Waals surface area contributed by atoms with E-state index in [1.54, 1.807) is 0 Å². The molecule has 5 nitrogen and oxygen atoms in total. The lowest BCUT2D eigenvalue weighted by Crippen LogP contribution is -2.46. The van der Waals surface area contributed by atoms with E-state index in [2.05, 4.69) is 69.3 Å². The summed E-state index contributed by atoms with van der Waals surface area (Å²) in [5.41, 5.74) is 2.06. The first kappa shape index (κ1) is 34.5. The van der Waals surface area contributed by atoms with Gasteiger partial charge in [-0.2, -0.15) is 0 Å². The van der Waals surface area contributed by atoms with E-state index in [1.807, 2.05) is 36.5 Å². The fourth-order valence-electron chi connectivity index (χ4n) is 7.37. The number of rotatable bonds is 14. The number of ether oxygens (including phenoxy) is 1. The first-order chi connectivity index (χ1) is 20.3. The smallest absolute Gasteiger partial charge is 0.254 e. The molecule has 3 heterocycles. The third-order valence-electron chi connectivity index (χ3n) is 9.47. The van der Waals surface area contributed by atoms with Crippen molar-refractivity contribution < 1.29 is 9.53 Å². The SMILES string of the molecule is CCC1CCC(CC2=CCC=N2)N1C(=O)c1ccccc1.CCCCC1(CCCC)O[C@@H](C)N(CCC)[C@H]1CC(C)C. The zero-order valence-electron chi connectivity index (χ0n) is 28.0. The van der Waals surface area contributed by atoms with Crippen LogP contribution in [0.15, 0.2) is 47.1 Å². The largest absolute Gasteiger partial charge is 0.355 e. The Bertz CT molecular complexity index is 980. The van der Waals surface area contributed by atoms with Crippen molar-refractivity contribution in [1.29, 1.82) is 0 Å². The summed E-state index contributed by atoms with van der Waals surface area (Å²) in [5.74, 6) is 0.915. The summed E-state index contributed by atoms with van der Waals surface area (Å²) in [7, 11) is 0. The van der Waals surface area contributed by atoms with E-state index in [-0.39, 0.29) is 11.5 Å². The predicted octanol–water partition coefficient (Wildman–Crippen LogP) is 9.43. The minimum atomic E-state index is 0.116. The van der Waals surface area contributed by atoms with Crippen LogP contribution >= 0.6 is 0 Å². The van der Waals surface area contributed by atoms with Crippen LogP contribution in [0, 0.1) is 5.92 Å². The molecule has 0 aliphatic carbocycles. The lowest BCUT2D eigenvalue weighted by atomic mass is 9.80. The number of carbonyl (C=O) groups is 1. The van der Waals surface area contributed by atoms with E-state index in [1.165, 1.54) is 57.9 Å². The number of likely N-dealkylation sites (tertiary alicyclic amines) is 1. The van der Waals surface area contributed by atoms with Crippen molar-refractivity contribution in [1.82, 2.24) is 9.80 Å². The quantitative estimate of drug-likeness (QED) is 0.220. The van der Waals surface area contributed by atoms with Crippen LogP contribution in [0.2, 0.25) is 0 Å². The minimum absolute atomic E-state index is 0.116. The Balaban J connectivity index is 0.000000230. The first-order valence-corrected chi connectivity index (χ1v) is 17.3. The molecule has 0 bridgehead atoms. The highest BCUT2D eigenvalue weighted by atomic mass is 16.5. The van der Waals surface area contributed by atoms with Gasteiger partial charge in [0.05, 0.1) is 5.60 Å². The second-order valence-corrected chi connectivity index (χ2v) is 13.2. The number of aliphatic imine (C=N–C) groups is 1. The summed E-state index contributed by atoms with van der Waals surface area (Å²) in [6.45, 7) is 17.2. The molecule has 1 aromatic rings. The van der Waals surface area contributed by atoms with Gasteiger partial charge < -0.3 is 9.64 Å². The molecule has 5 heteroatoms. The zero-order chi connectivity index (χ0) is 30.5. The van der Waals surface area contributed by atoms with Crippen LogP contribution in [-0.4, -0.2) is 58.4 Å². The summed E-state index contributed by atoms with van der Waals surface area (Å²) < 4.78 is 6.66. The van der Waals surface area contributed by atoms with Crippen LogP contribution in [0.25, 0.3) is 0 Å². The second kappa shape index (κ2) is 17.3. The van der Waals surface area contributed by atoms with Crippen molar-refractivity contribution >= 4 is 12.1 Å². The topological polar surface area (TPSA) is 45.1 Å². The molecule has 0 N–H and O–H groups in total. The van der Waals surface area contributed by atoms with Gasteiger partial charge in [-0.05, 0) is 69.9 Å². The molecule has 3 aliphatic heterocycles. The number of allylic oxidation sites excluding steroid dienone is 1. The number of unbranched alkanes of at least 4 members (excludes halogenated alkanes) is 2. The van der Waals surface area contributed by atoms with Crippen LogP contribution in [0.5, 0.6) is 0 Å². The number of carbonyl (C=O) groups excluding carboxylic acids is 1. The van der Waals surface area contributed by atoms with E-state index in [0.717, 1.165) is 49.3 Å². The van der Waals surface area contributed by atoms with Gasteiger partial charge in [0.15, 0.2) is 0 Å². The Kier molecular flexibility index (Phi) is 14.3. The molecular weight excluding hydrogens is 518 g/mol. The predicted molar refractivity (Wildman–Crippen MR) is 178 cm³/mol. The Morgan fingerprint density at radius 3 is 2.21 bits per heavy atom. The molecule has 3 aliphatic rings. The highest BCUT2D eigenvalue weighted by molar-refractivity contribution is 5.94. The number of hydrogen-bond acceptors (Lipinski definition) is 4. The summed E-state index contributed by atoms with van der Waals surface area (Å²) >= 11 is 0. The van der Waals surface area contributed by atoms with Crippen molar-refractivity contribution in [3.8, 4) is 0 Å². The normalized spacial score (nSPS) is 25.1. The van der Waals surface area contributed by atoms with Gasteiger partial charge in [-0.15, -0.1) is 0 Å². The Morgan fingerprint density at radius 1 is 1.00 bits per heavy atom. The maximum atomic E-state index is 12.9. The first-order valence-electron chi connectivity index (χ1n) is 17.3. The maximum absolute atomic E-state index is 12.9. The van der Waals surface area contributed by atoms with Crippen molar-refractivity contribution in [2.24, 2.45) is 10.9 Å².